The second-order valence-corrected chi connectivity index (χ2v) is 6.60. The van der Waals surface area contributed by atoms with E-state index in [1.807, 2.05) is 25.1 Å². The summed E-state index contributed by atoms with van der Waals surface area (Å²) in [5.41, 5.74) is 8.99. The van der Waals surface area contributed by atoms with E-state index in [1.165, 1.54) is 6.20 Å². The predicted molar refractivity (Wildman–Crippen MR) is 106 cm³/mol. The first-order chi connectivity index (χ1) is 12.4. The number of anilines is 2. The number of carbonyl (C=O) groups is 1. The lowest BCUT2D eigenvalue weighted by Gasteiger charge is -2.16. The number of amides is 1. The number of ether oxygens (including phenoxy) is 2. The second kappa shape index (κ2) is 7.21. The first-order valence-electron chi connectivity index (χ1n) is 7.82. The molecule has 0 saturated carbocycles. The molecule has 6 nitrogen and oxygen atoms in total. The first kappa shape index (κ1) is 18.0. The van der Waals surface area contributed by atoms with Gasteiger partial charge in [-0.1, -0.05) is 6.07 Å². The van der Waals surface area contributed by atoms with Crippen molar-refractivity contribution in [2.45, 2.75) is 6.92 Å². The molecule has 0 unspecified atom stereocenters. The lowest BCUT2D eigenvalue weighted by Crippen LogP contribution is -2.14. The highest BCUT2D eigenvalue weighted by molar-refractivity contribution is 9.10. The third-order valence-electron chi connectivity index (χ3n) is 4.02. The third-order valence-corrected chi connectivity index (χ3v) is 4.68. The van der Waals surface area contributed by atoms with Crippen molar-refractivity contribution in [1.82, 2.24) is 4.98 Å². The summed E-state index contributed by atoms with van der Waals surface area (Å²) in [6, 6.07) is 9.42. The van der Waals surface area contributed by atoms with E-state index in [4.69, 9.17) is 15.2 Å². The number of rotatable bonds is 5. The van der Waals surface area contributed by atoms with E-state index in [0.717, 1.165) is 15.7 Å². The summed E-state index contributed by atoms with van der Waals surface area (Å²) >= 11 is 3.54. The molecule has 0 aliphatic rings. The molecule has 3 rings (SSSR count). The third kappa shape index (κ3) is 3.30. The molecule has 0 atom stereocenters. The number of fused-ring (bicyclic) bond motifs is 1. The summed E-state index contributed by atoms with van der Waals surface area (Å²) < 4.78 is 11.6. The van der Waals surface area contributed by atoms with Gasteiger partial charge in [-0.15, -0.1) is 0 Å². The molecule has 0 radical (unpaired) electrons. The van der Waals surface area contributed by atoms with Crippen LogP contribution in [0.2, 0.25) is 0 Å². The Morgan fingerprint density at radius 1 is 1.15 bits per heavy atom. The van der Waals surface area contributed by atoms with Crippen LogP contribution in [-0.4, -0.2) is 25.1 Å². The number of hydrogen-bond acceptors (Lipinski definition) is 5. The minimum Gasteiger partial charge on any atom is -0.493 e. The van der Waals surface area contributed by atoms with Gasteiger partial charge < -0.3 is 20.5 Å². The Hall–Kier alpha value is -2.80. The Morgan fingerprint density at radius 3 is 2.46 bits per heavy atom. The molecule has 0 saturated heterocycles. The number of nitrogens with two attached hydrogens (primary N) is 1. The van der Waals surface area contributed by atoms with Gasteiger partial charge in [-0.05, 0) is 46.6 Å². The van der Waals surface area contributed by atoms with E-state index in [1.54, 1.807) is 26.4 Å². The van der Waals surface area contributed by atoms with Crippen LogP contribution < -0.4 is 20.5 Å². The van der Waals surface area contributed by atoms with Gasteiger partial charge in [0.25, 0.3) is 5.91 Å². The zero-order valence-electron chi connectivity index (χ0n) is 14.6. The second-order valence-electron chi connectivity index (χ2n) is 5.74. The van der Waals surface area contributed by atoms with Gasteiger partial charge in [0.15, 0.2) is 11.5 Å². The molecular weight excluding hydrogens is 398 g/mol. The fraction of sp³-hybridized carbons (Fsp3) is 0.158. The summed E-state index contributed by atoms with van der Waals surface area (Å²) in [7, 11) is 3.11. The SMILES string of the molecule is COc1cc2ncc(C(N)=O)c(Nc3ccc(C)cc3Br)c2cc1OC. The van der Waals surface area contributed by atoms with Gasteiger partial charge >= 0.3 is 0 Å². The molecular formula is C19H18BrN3O3. The van der Waals surface area contributed by atoms with Gasteiger partial charge in [-0.25, -0.2) is 0 Å². The number of methoxy groups -OCH3 is 2. The molecule has 1 heterocycles. The summed E-state index contributed by atoms with van der Waals surface area (Å²) in [6.45, 7) is 2.00. The van der Waals surface area contributed by atoms with Crippen molar-refractivity contribution < 1.29 is 14.3 Å². The average Bonchev–Trinajstić information content (AvgIpc) is 2.62. The maximum absolute atomic E-state index is 11.9. The molecule has 1 aromatic heterocycles. The minimum atomic E-state index is -0.570. The summed E-state index contributed by atoms with van der Waals surface area (Å²) in [5.74, 6) is 0.524. The zero-order chi connectivity index (χ0) is 18.8. The smallest absolute Gasteiger partial charge is 0.252 e. The number of nitrogens with zero attached hydrogens (tertiary/aromatic N) is 1. The number of aromatic nitrogens is 1. The molecule has 0 bridgehead atoms. The summed E-state index contributed by atoms with van der Waals surface area (Å²) in [5, 5.41) is 4.00. The number of aryl methyl sites for hydroxylation is 1. The van der Waals surface area contributed by atoms with Gasteiger partial charge in [-0.2, -0.15) is 0 Å². The van der Waals surface area contributed by atoms with Crippen molar-refractivity contribution in [3.8, 4) is 11.5 Å². The van der Waals surface area contributed by atoms with Gasteiger partial charge in [0.2, 0.25) is 0 Å². The van der Waals surface area contributed by atoms with Gasteiger partial charge in [0.05, 0.1) is 36.7 Å². The van der Waals surface area contributed by atoms with Crippen LogP contribution in [0.4, 0.5) is 11.4 Å². The van der Waals surface area contributed by atoms with Crippen molar-refractivity contribution in [2.75, 3.05) is 19.5 Å². The molecule has 0 aliphatic carbocycles. The van der Waals surface area contributed by atoms with E-state index in [9.17, 15) is 4.79 Å². The van der Waals surface area contributed by atoms with Crippen molar-refractivity contribution in [2.24, 2.45) is 5.73 Å². The van der Waals surface area contributed by atoms with Crippen molar-refractivity contribution in [1.29, 1.82) is 0 Å². The molecule has 0 spiro atoms. The van der Waals surface area contributed by atoms with Gasteiger partial charge in [0, 0.05) is 22.1 Å². The Bertz CT molecular complexity index is 1000. The van der Waals surface area contributed by atoms with Crippen molar-refractivity contribution in [3.63, 3.8) is 0 Å². The molecule has 134 valence electrons. The molecule has 26 heavy (non-hydrogen) atoms. The number of nitrogens with one attached hydrogen (secondary N) is 1. The number of halogens is 1. The van der Waals surface area contributed by atoms with Crippen LogP contribution in [0.3, 0.4) is 0 Å². The van der Waals surface area contributed by atoms with Crippen LogP contribution in [0, 0.1) is 6.92 Å². The van der Waals surface area contributed by atoms with Crippen LogP contribution in [0.5, 0.6) is 11.5 Å². The van der Waals surface area contributed by atoms with Crippen LogP contribution >= 0.6 is 15.9 Å². The fourth-order valence-corrected chi connectivity index (χ4v) is 3.29. The predicted octanol–water partition coefficient (Wildman–Crippen LogP) is 4.17. The number of benzene rings is 2. The largest absolute Gasteiger partial charge is 0.493 e. The lowest BCUT2D eigenvalue weighted by molar-refractivity contribution is 0.100. The van der Waals surface area contributed by atoms with Crippen molar-refractivity contribution in [3.05, 3.63) is 52.1 Å². The standard InChI is InChI=1S/C19H18BrN3O3/c1-10-4-5-14(13(20)6-10)23-18-11-7-16(25-2)17(26-3)8-15(11)22-9-12(18)19(21)24/h4-9H,1-3H3,(H2,21,24)(H,22,23). The molecule has 3 aromatic rings. The zero-order valence-corrected chi connectivity index (χ0v) is 16.2. The van der Waals surface area contributed by atoms with Gasteiger partial charge in [0.1, 0.15) is 0 Å². The number of primary amides is 1. The number of hydrogen-bond donors (Lipinski definition) is 2. The maximum atomic E-state index is 11.9. The minimum absolute atomic E-state index is 0.289. The quantitative estimate of drug-likeness (QED) is 0.652. The highest BCUT2D eigenvalue weighted by atomic mass is 79.9. The Kier molecular flexibility index (Phi) is 4.99. The highest BCUT2D eigenvalue weighted by Gasteiger charge is 2.17. The van der Waals surface area contributed by atoms with Crippen LogP contribution in [0.1, 0.15) is 15.9 Å². The monoisotopic (exact) mass is 415 g/mol. The Labute approximate surface area is 159 Å². The number of pyridine rings is 1. The fourth-order valence-electron chi connectivity index (χ4n) is 2.70. The van der Waals surface area contributed by atoms with Crippen LogP contribution in [0.25, 0.3) is 10.9 Å². The number of carbonyl (C=O) groups excluding carboxylic acids is 1. The molecule has 7 heteroatoms. The topological polar surface area (TPSA) is 86.5 Å². The molecule has 3 N–H and O–H groups in total. The molecule has 2 aromatic carbocycles. The summed E-state index contributed by atoms with van der Waals surface area (Å²) in [6.07, 6.45) is 1.46. The van der Waals surface area contributed by atoms with Crippen LogP contribution in [-0.2, 0) is 0 Å². The highest BCUT2D eigenvalue weighted by Crippen LogP contribution is 2.38. The lowest BCUT2D eigenvalue weighted by atomic mass is 10.1. The Morgan fingerprint density at radius 2 is 1.85 bits per heavy atom. The summed E-state index contributed by atoms with van der Waals surface area (Å²) in [4.78, 5) is 16.3. The van der Waals surface area contributed by atoms with Crippen molar-refractivity contribution >= 4 is 44.1 Å². The molecule has 1 amide bonds. The molecule has 0 aliphatic heterocycles. The maximum Gasteiger partial charge on any atom is 0.252 e. The van der Waals surface area contributed by atoms with E-state index < -0.39 is 5.91 Å². The average molecular weight is 416 g/mol. The van der Waals surface area contributed by atoms with E-state index >= 15 is 0 Å². The normalized spacial score (nSPS) is 10.6. The Balaban J connectivity index is 2.25. The van der Waals surface area contributed by atoms with E-state index in [2.05, 4.69) is 26.2 Å². The first-order valence-corrected chi connectivity index (χ1v) is 8.61. The van der Waals surface area contributed by atoms with E-state index in [0.29, 0.717) is 28.1 Å². The van der Waals surface area contributed by atoms with Crippen LogP contribution in [0.15, 0.2) is 41.0 Å². The molecule has 0 fully saturated rings. The van der Waals surface area contributed by atoms with Gasteiger partial charge in [-0.3, -0.25) is 9.78 Å². The van der Waals surface area contributed by atoms with E-state index in [-0.39, 0.29) is 5.56 Å².